The van der Waals surface area contributed by atoms with E-state index in [0.29, 0.717) is 12.1 Å². The Hall–Kier alpha value is -2.62. The van der Waals surface area contributed by atoms with Crippen molar-refractivity contribution in [3.63, 3.8) is 0 Å². The molecule has 1 atom stereocenters. The SMILES string of the molecule is C=CCNc1cncc(C(=O)NC(C)c2ccccc2)c1. The number of benzene rings is 1. The van der Waals surface area contributed by atoms with Crippen LogP contribution in [0.1, 0.15) is 28.9 Å². The number of carbonyl (C=O) groups is 1. The van der Waals surface area contributed by atoms with Crippen molar-refractivity contribution >= 4 is 11.6 Å². The molecule has 0 saturated carbocycles. The summed E-state index contributed by atoms with van der Waals surface area (Å²) in [5, 5.41) is 6.08. The fourth-order valence-electron chi connectivity index (χ4n) is 1.96. The van der Waals surface area contributed by atoms with E-state index < -0.39 is 0 Å². The van der Waals surface area contributed by atoms with Crippen molar-refractivity contribution in [2.24, 2.45) is 0 Å². The van der Waals surface area contributed by atoms with Gasteiger partial charge in [-0.05, 0) is 18.6 Å². The normalized spacial score (nSPS) is 11.5. The van der Waals surface area contributed by atoms with E-state index in [4.69, 9.17) is 0 Å². The van der Waals surface area contributed by atoms with Crippen LogP contribution in [0.4, 0.5) is 5.69 Å². The lowest BCUT2D eigenvalue weighted by Gasteiger charge is -2.14. The third-order valence-electron chi connectivity index (χ3n) is 3.10. The molecule has 0 aliphatic carbocycles. The summed E-state index contributed by atoms with van der Waals surface area (Å²) in [6.07, 6.45) is 5.00. The van der Waals surface area contributed by atoms with Crippen molar-refractivity contribution in [3.05, 3.63) is 72.6 Å². The number of pyridine rings is 1. The summed E-state index contributed by atoms with van der Waals surface area (Å²) < 4.78 is 0. The Morgan fingerprint density at radius 3 is 2.81 bits per heavy atom. The highest BCUT2D eigenvalue weighted by Crippen LogP contribution is 2.13. The molecule has 2 rings (SSSR count). The van der Waals surface area contributed by atoms with Gasteiger partial charge in [-0.2, -0.15) is 0 Å². The Balaban J connectivity index is 2.04. The second kappa shape index (κ2) is 7.24. The minimum absolute atomic E-state index is 0.0523. The lowest BCUT2D eigenvalue weighted by molar-refractivity contribution is 0.0939. The van der Waals surface area contributed by atoms with Gasteiger partial charge in [0.1, 0.15) is 0 Å². The first-order valence-electron chi connectivity index (χ1n) is 6.86. The summed E-state index contributed by atoms with van der Waals surface area (Å²) in [6, 6.07) is 11.6. The van der Waals surface area contributed by atoms with Gasteiger partial charge in [0.25, 0.3) is 5.91 Å². The maximum absolute atomic E-state index is 12.3. The van der Waals surface area contributed by atoms with Gasteiger partial charge in [-0.1, -0.05) is 36.4 Å². The lowest BCUT2D eigenvalue weighted by Crippen LogP contribution is -2.26. The number of aromatic nitrogens is 1. The molecule has 2 aromatic rings. The zero-order valence-electron chi connectivity index (χ0n) is 12.0. The molecule has 108 valence electrons. The minimum Gasteiger partial charge on any atom is -0.380 e. The van der Waals surface area contributed by atoms with E-state index >= 15 is 0 Å². The van der Waals surface area contributed by atoms with Gasteiger partial charge in [-0.15, -0.1) is 6.58 Å². The molecule has 1 aromatic carbocycles. The Labute approximate surface area is 124 Å². The molecule has 0 bridgehead atoms. The van der Waals surface area contributed by atoms with E-state index in [1.54, 1.807) is 24.5 Å². The highest BCUT2D eigenvalue weighted by Gasteiger charge is 2.11. The zero-order valence-corrected chi connectivity index (χ0v) is 12.0. The van der Waals surface area contributed by atoms with Crippen molar-refractivity contribution in [3.8, 4) is 0 Å². The van der Waals surface area contributed by atoms with E-state index in [9.17, 15) is 4.79 Å². The summed E-state index contributed by atoms with van der Waals surface area (Å²) in [5.41, 5.74) is 2.40. The van der Waals surface area contributed by atoms with Gasteiger partial charge in [0.05, 0.1) is 17.3 Å². The predicted octanol–water partition coefficient (Wildman–Crippen LogP) is 3.17. The number of amides is 1. The van der Waals surface area contributed by atoms with E-state index in [0.717, 1.165) is 11.3 Å². The van der Waals surface area contributed by atoms with Gasteiger partial charge in [0.2, 0.25) is 0 Å². The molecule has 0 radical (unpaired) electrons. The van der Waals surface area contributed by atoms with Crippen LogP contribution in [0, 0.1) is 0 Å². The number of hydrogen-bond acceptors (Lipinski definition) is 3. The smallest absolute Gasteiger partial charge is 0.253 e. The molecule has 0 fully saturated rings. The predicted molar refractivity (Wildman–Crippen MR) is 85.2 cm³/mol. The largest absolute Gasteiger partial charge is 0.380 e. The van der Waals surface area contributed by atoms with Crippen LogP contribution in [0.5, 0.6) is 0 Å². The highest BCUT2D eigenvalue weighted by atomic mass is 16.1. The van der Waals surface area contributed by atoms with Gasteiger partial charge in [-0.25, -0.2) is 0 Å². The molecular weight excluding hydrogens is 262 g/mol. The summed E-state index contributed by atoms with van der Waals surface area (Å²) in [6.45, 7) is 6.23. The molecule has 1 heterocycles. The number of carbonyl (C=O) groups excluding carboxylic acids is 1. The maximum atomic E-state index is 12.3. The minimum atomic E-state index is -0.138. The molecule has 1 aromatic heterocycles. The van der Waals surface area contributed by atoms with E-state index in [-0.39, 0.29) is 11.9 Å². The molecular formula is C17H19N3O. The van der Waals surface area contributed by atoms with Crippen LogP contribution >= 0.6 is 0 Å². The summed E-state index contributed by atoms with van der Waals surface area (Å²) in [5.74, 6) is -0.138. The third kappa shape index (κ3) is 4.18. The Kier molecular flexibility index (Phi) is 5.10. The van der Waals surface area contributed by atoms with Crippen molar-refractivity contribution in [1.82, 2.24) is 10.3 Å². The van der Waals surface area contributed by atoms with Gasteiger partial charge < -0.3 is 10.6 Å². The second-order valence-electron chi connectivity index (χ2n) is 4.74. The Morgan fingerprint density at radius 1 is 1.33 bits per heavy atom. The fourth-order valence-corrected chi connectivity index (χ4v) is 1.96. The first-order valence-corrected chi connectivity index (χ1v) is 6.86. The maximum Gasteiger partial charge on any atom is 0.253 e. The van der Waals surface area contributed by atoms with E-state index in [1.165, 1.54) is 0 Å². The summed E-state index contributed by atoms with van der Waals surface area (Å²) in [4.78, 5) is 16.3. The van der Waals surface area contributed by atoms with Gasteiger partial charge >= 0.3 is 0 Å². The molecule has 1 unspecified atom stereocenters. The molecule has 0 saturated heterocycles. The van der Waals surface area contributed by atoms with Crippen LogP contribution < -0.4 is 10.6 Å². The first kappa shape index (κ1) is 14.8. The van der Waals surface area contributed by atoms with Gasteiger partial charge in [0, 0.05) is 18.9 Å². The number of rotatable bonds is 6. The number of hydrogen-bond donors (Lipinski definition) is 2. The average Bonchev–Trinajstić information content (AvgIpc) is 2.54. The van der Waals surface area contributed by atoms with Gasteiger partial charge in [-0.3, -0.25) is 9.78 Å². The van der Waals surface area contributed by atoms with Gasteiger partial charge in [0.15, 0.2) is 0 Å². The molecule has 0 spiro atoms. The van der Waals surface area contributed by atoms with Crippen molar-refractivity contribution in [1.29, 1.82) is 0 Å². The topological polar surface area (TPSA) is 54.0 Å². The Morgan fingerprint density at radius 2 is 2.10 bits per heavy atom. The summed E-state index contributed by atoms with van der Waals surface area (Å²) in [7, 11) is 0. The molecule has 21 heavy (non-hydrogen) atoms. The molecule has 4 heteroatoms. The molecule has 2 N–H and O–H groups in total. The monoisotopic (exact) mass is 281 g/mol. The first-order chi connectivity index (χ1) is 10.2. The standard InChI is InChI=1S/C17H19N3O/c1-3-9-19-16-10-15(11-18-12-16)17(21)20-13(2)14-7-5-4-6-8-14/h3-8,10-13,19H,1,9H2,2H3,(H,20,21). The van der Waals surface area contributed by atoms with E-state index in [1.807, 2.05) is 37.3 Å². The number of nitrogens with one attached hydrogen (secondary N) is 2. The number of nitrogens with zero attached hydrogens (tertiary/aromatic N) is 1. The molecule has 1 amide bonds. The fraction of sp³-hybridized carbons (Fsp3) is 0.176. The molecule has 0 aliphatic rings. The Bertz CT molecular complexity index is 610. The third-order valence-corrected chi connectivity index (χ3v) is 3.10. The number of anilines is 1. The van der Waals surface area contributed by atoms with Crippen LogP contribution in [0.2, 0.25) is 0 Å². The average molecular weight is 281 g/mol. The van der Waals surface area contributed by atoms with Crippen molar-refractivity contribution in [2.45, 2.75) is 13.0 Å². The van der Waals surface area contributed by atoms with Crippen LogP contribution in [0.25, 0.3) is 0 Å². The van der Waals surface area contributed by atoms with Crippen LogP contribution in [-0.2, 0) is 0 Å². The summed E-state index contributed by atoms with van der Waals surface area (Å²) >= 11 is 0. The van der Waals surface area contributed by atoms with Crippen LogP contribution in [0.3, 0.4) is 0 Å². The lowest BCUT2D eigenvalue weighted by atomic mass is 10.1. The van der Waals surface area contributed by atoms with E-state index in [2.05, 4.69) is 22.2 Å². The van der Waals surface area contributed by atoms with Crippen molar-refractivity contribution < 1.29 is 4.79 Å². The highest BCUT2D eigenvalue weighted by molar-refractivity contribution is 5.94. The molecule has 4 nitrogen and oxygen atoms in total. The zero-order chi connectivity index (χ0) is 15.1. The quantitative estimate of drug-likeness (QED) is 0.800. The molecule has 0 aliphatic heterocycles. The van der Waals surface area contributed by atoms with Crippen LogP contribution in [0.15, 0.2) is 61.4 Å². The second-order valence-corrected chi connectivity index (χ2v) is 4.74. The van der Waals surface area contributed by atoms with Crippen LogP contribution in [-0.4, -0.2) is 17.4 Å². The van der Waals surface area contributed by atoms with Crippen molar-refractivity contribution in [2.75, 3.05) is 11.9 Å².